The van der Waals surface area contributed by atoms with Crippen molar-refractivity contribution in [1.82, 2.24) is 0 Å². The van der Waals surface area contributed by atoms with Gasteiger partial charge in [0.1, 0.15) is 11.2 Å². The van der Waals surface area contributed by atoms with Gasteiger partial charge in [-0.2, -0.15) is 0 Å². The number of benzene rings is 9. The molecule has 0 bridgehead atoms. The van der Waals surface area contributed by atoms with Gasteiger partial charge in [-0.25, -0.2) is 0 Å². The van der Waals surface area contributed by atoms with Crippen LogP contribution in [-0.2, 0) is 0 Å². The Morgan fingerprint density at radius 1 is 0.388 bits per heavy atom. The van der Waals surface area contributed by atoms with E-state index in [0.717, 1.165) is 16.5 Å². The van der Waals surface area contributed by atoms with Crippen LogP contribution in [0.25, 0.3) is 98.8 Å². The van der Waals surface area contributed by atoms with Crippen molar-refractivity contribution in [2.75, 3.05) is 0 Å². The molecule has 1 aromatic heterocycles. The Morgan fingerprint density at radius 3 is 1.65 bits per heavy atom. The summed E-state index contributed by atoms with van der Waals surface area (Å²) in [6.07, 6.45) is 0. The van der Waals surface area contributed by atoms with Crippen LogP contribution in [0.5, 0.6) is 0 Å². The molecule has 0 saturated carbocycles. The van der Waals surface area contributed by atoms with Crippen LogP contribution in [0.2, 0.25) is 0 Å². The molecule has 0 radical (unpaired) electrons. The molecule has 228 valence electrons. The van der Waals surface area contributed by atoms with Crippen molar-refractivity contribution >= 4 is 54.3 Å². The Morgan fingerprint density at radius 2 is 0.959 bits per heavy atom. The topological polar surface area (TPSA) is 13.1 Å². The third-order valence-electron chi connectivity index (χ3n) is 8.63. The fraction of sp³-hybridized carbons (Fsp3) is 0. The molecule has 0 aliphatic heterocycles. The summed E-state index contributed by atoms with van der Waals surface area (Å²) < 4.78 is 179. The molecule has 10 aromatic rings. The van der Waals surface area contributed by atoms with Crippen molar-refractivity contribution in [3.63, 3.8) is 0 Å². The fourth-order valence-electron chi connectivity index (χ4n) is 6.54. The lowest BCUT2D eigenvalue weighted by Gasteiger charge is -2.18. The minimum Gasteiger partial charge on any atom is -0.455 e. The molecular weight excluding hydrogens is 593 g/mol. The van der Waals surface area contributed by atoms with E-state index < -0.39 is 169 Å². The van der Waals surface area contributed by atoms with Crippen molar-refractivity contribution in [2.24, 2.45) is 0 Å². The molecule has 0 saturated heterocycles. The van der Waals surface area contributed by atoms with E-state index >= 15 is 0 Å². The second-order valence-corrected chi connectivity index (χ2v) is 11.3. The molecule has 1 nitrogen and oxygen atoms in total. The van der Waals surface area contributed by atoms with Crippen LogP contribution in [0.3, 0.4) is 0 Å². The standard InChI is InChI=1S/C48H30O/c1-3-13-31(14-4-1)37-21-12-24-44-47(37)43-23-11-22-38(48(43)49-44)35-27-25-34-30-36(28-26-33(34)29-35)46-41-19-9-7-17-39(41)45(32-15-5-2-6-16-32)40-18-8-10-20-42(40)46/h1-30H/i2D,5D,6D,7D,8D,9D,10D,15D,16D,17D,18D,19D,20D,25D,26D,27D,28D,29D,30D. The van der Waals surface area contributed by atoms with Crippen LogP contribution in [0.4, 0.5) is 0 Å². The van der Waals surface area contributed by atoms with Crippen LogP contribution in [-0.4, -0.2) is 0 Å². The van der Waals surface area contributed by atoms with E-state index in [-0.39, 0.29) is 16.7 Å². The first-order valence-corrected chi connectivity index (χ1v) is 15.3. The maximum Gasteiger partial charge on any atom is 0.143 e. The van der Waals surface area contributed by atoms with Crippen molar-refractivity contribution in [3.05, 3.63) is 182 Å². The highest BCUT2D eigenvalue weighted by Gasteiger charge is 2.18. The SMILES string of the molecule is [2H]c1c([2H])c([2H])c(-c2c3c([2H])c([2H])c([2H])c([2H])c3c(-c3c([2H])c([2H])c4c([2H])c(-c5cccc6c5oc5cccc(-c7ccccc7)c56)c([2H])c([2H])c4c3[2H])c3c([2H])c([2H])c([2H])c([2H])c23)c([2H])c1[2H]. The zero-order valence-electron chi connectivity index (χ0n) is 44.3. The predicted octanol–water partition coefficient (Wildman–Crippen LogP) is 13.7. The van der Waals surface area contributed by atoms with Gasteiger partial charge in [-0.05, 0) is 89.4 Å². The highest BCUT2D eigenvalue weighted by atomic mass is 16.3. The zero-order valence-corrected chi connectivity index (χ0v) is 25.3. The van der Waals surface area contributed by atoms with Crippen molar-refractivity contribution in [2.45, 2.75) is 0 Å². The monoisotopic (exact) mass is 641 g/mol. The highest BCUT2D eigenvalue weighted by molar-refractivity contribution is 6.22. The van der Waals surface area contributed by atoms with Gasteiger partial charge in [0, 0.05) is 16.3 Å². The lowest BCUT2D eigenvalue weighted by atomic mass is 9.85. The summed E-state index contributed by atoms with van der Waals surface area (Å²) in [6, 6.07) is 4.99. The van der Waals surface area contributed by atoms with Gasteiger partial charge in [0.2, 0.25) is 0 Å². The van der Waals surface area contributed by atoms with E-state index in [9.17, 15) is 13.7 Å². The zero-order chi connectivity index (χ0) is 48.8. The van der Waals surface area contributed by atoms with Gasteiger partial charge in [0.15, 0.2) is 0 Å². The number of hydrogen-bond donors (Lipinski definition) is 0. The van der Waals surface area contributed by atoms with E-state index in [2.05, 4.69) is 0 Å². The number of rotatable bonds is 4. The smallest absolute Gasteiger partial charge is 0.143 e. The summed E-state index contributed by atoms with van der Waals surface area (Å²) in [5.41, 5.74) is 0.169. The Balaban J connectivity index is 1.37. The van der Waals surface area contributed by atoms with E-state index in [1.165, 1.54) is 0 Å². The number of fused-ring (bicyclic) bond motifs is 6. The molecule has 0 aliphatic rings. The number of furan rings is 1. The van der Waals surface area contributed by atoms with E-state index in [1.807, 2.05) is 48.5 Å². The van der Waals surface area contributed by atoms with Crippen molar-refractivity contribution in [3.8, 4) is 44.5 Å². The molecule has 1 heterocycles. The fourth-order valence-corrected chi connectivity index (χ4v) is 6.54. The summed E-state index contributed by atoms with van der Waals surface area (Å²) in [4.78, 5) is 0. The van der Waals surface area contributed by atoms with Crippen LogP contribution in [0.15, 0.2) is 186 Å². The Labute approximate surface area is 311 Å². The van der Waals surface area contributed by atoms with Gasteiger partial charge >= 0.3 is 0 Å². The lowest BCUT2D eigenvalue weighted by Crippen LogP contribution is -1.90. The molecule has 0 atom stereocenters. The molecule has 9 aromatic carbocycles. The summed E-state index contributed by atoms with van der Waals surface area (Å²) in [6.45, 7) is 0. The Hall–Kier alpha value is -6.44. The largest absolute Gasteiger partial charge is 0.455 e. The highest BCUT2D eigenvalue weighted by Crippen LogP contribution is 2.45. The molecule has 0 unspecified atom stereocenters. The predicted molar refractivity (Wildman–Crippen MR) is 208 cm³/mol. The molecule has 0 spiro atoms. The van der Waals surface area contributed by atoms with Gasteiger partial charge < -0.3 is 4.42 Å². The van der Waals surface area contributed by atoms with Gasteiger partial charge in [-0.3, -0.25) is 0 Å². The molecule has 0 amide bonds. The average Bonchev–Trinajstić information content (AvgIpc) is 3.73. The summed E-state index contributed by atoms with van der Waals surface area (Å²) >= 11 is 0. The van der Waals surface area contributed by atoms with Crippen LogP contribution >= 0.6 is 0 Å². The third kappa shape index (κ3) is 4.40. The molecular formula is C48H30O. The van der Waals surface area contributed by atoms with Crippen LogP contribution in [0, 0.1) is 0 Å². The quantitative estimate of drug-likeness (QED) is 0.174. The first-order valence-electron chi connectivity index (χ1n) is 24.8. The van der Waals surface area contributed by atoms with E-state index in [0.29, 0.717) is 11.0 Å². The molecule has 10 rings (SSSR count). The summed E-state index contributed by atoms with van der Waals surface area (Å²) in [7, 11) is 0. The molecule has 1 heteroatoms. The van der Waals surface area contributed by atoms with Gasteiger partial charge in [0.25, 0.3) is 0 Å². The second kappa shape index (κ2) is 11.1. The van der Waals surface area contributed by atoms with Crippen molar-refractivity contribution in [1.29, 1.82) is 0 Å². The minimum absolute atomic E-state index is 0.143. The molecule has 0 N–H and O–H groups in total. The van der Waals surface area contributed by atoms with E-state index in [1.54, 1.807) is 18.2 Å². The van der Waals surface area contributed by atoms with Crippen LogP contribution in [0.1, 0.15) is 26.0 Å². The van der Waals surface area contributed by atoms with Gasteiger partial charge in [-0.1, -0.05) is 163 Å². The van der Waals surface area contributed by atoms with E-state index in [4.69, 9.17) is 16.8 Å². The van der Waals surface area contributed by atoms with Crippen molar-refractivity contribution < 1.29 is 30.5 Å². The third-order valence-corrected chi connectivity index (χ3v) is 8.63. The normalized spacial score (nSPS) is 17.1. The summed E-state index contributed by atoms with van der Waals surface area (Å²) in [5, 5.41) is -1.82. The van der Waals surface area contributed by atoms with Gasteiger partial charge in [-0.15, -0.1) is 0 Å². The molecule has 49 heavy (non-hydrogen) atoms. The number of hydrogen-bond acceptors (Lipinski definition) is 1. The first-order chi connectivity index (χ1) is 32.2. The number of para-hydroxylation sites is 1. The summed E-state index contributed by atoms with van der Waals surface area (Å²) in [5.74, 6) is 0. The maximum absolute atomic E-state index is 9.77. The van der Waals surface area contributed by atoms with Gasteiger partial charge in [0.05, 0.1) is 26.0 Å². The Bertz CT molecular complexity index is 3850. The molecule has 0 aliphatic carbocycles. The molecule has 0 fully saturated rings. The van der Waals surface area contributed by atoms with Crippen LogP contribution < -0.4 is 0 Å². The second-order valence-electron chi connectivity index (χ2n) is 11.3. The average molecular weight is 642 g/mol. The Kier molecular flexibility index (Phi) is 3.34. The lowest BCUT2D eigenvalue weighted by molar-refractivity contribution is 0.670. The first kappa shape index (κ1) is 14.8. The maximum atomic E-state index is 9.77. The minimum atomic E-state index is -0.871.